The van der Waals surface area contributed by atoms with Gasteiger partial charge in [-0.05, 0) is 39.7 Å². The molecule has 3 rings (SSSR count). The summed E-state index contributed by atoms with van der Waals surface area (Å²) in [5.74, 6) is 1.40. The summed E-state index contributed by atoms with van der Waals surface area (Å²) >= 11 is 0. The molecule has 2 aliphatic rings. The first kappa shape index (κ1) is 12.8. The van der Waals surface area contributed by atoms with Crippen LogP contribution < -0.4 is 0 Å². The van der Waals surface area contributed by atoms with Crippen LogP contribution in [0.4, 0.5) is 0 Å². The number of hydrogen-bond donors (Lipinski definition) is 0. The molecule has 1 aromatic heterocycles. The van der Waals surface area contributed by atoms with Gasteiger partial charge in [-0.25, -0.2) is 9.67 Å². The maximum Gasteiger partial charge on any atom is 0.143 e. The largest absolute Gasteiger partial charge is 0.300 e. The van der Waals surface area contributed by atoms with Crippen LogP contribution in [0.1, 0.15) is 38.4 Å². The highest BCUT2D eigenvalue weighted by atomic mass is 16.1. The number of carbonyl (C=O) groups is 1. The highest BCUT2D eigenvalue weighted by Crippen LogP contribution is 2.37. The molecule has 2 saturated heterocycles. The van der Waals surface area contributed by atoms with Gasteiger partial charge in [0, 0.05) is 24.5 Å². The number of nitrogens with zero attached hydrogens (tertiary/aromatic N) is 4. The Hall–Kier alpha value is -1.23. The lowest BCUT2D eigenvalue weighted by Crippen LogP contribution is -2.42. The van der Waals surface area contributed by atoms with Gasteiger partial charge in [-0.3, -0.25) is 4.79 Å². The molecule has 2 atom stereocenters. The topological polar surface area (TPSA) is 51.0 Å². The van der Waals surface area contributed by atoms with E-state index in [4.69, 9.17) is 0 Å². The normalized spacial score (nSPS) is 30.7. The molecule has 0 aliphatic carbocycles. The van der Waals surface area contributed by atoms with Gasteiger partial charge in [0.05, 0.1) is 6.42 Å². The third-order valence-electron chi connectivity index (χ3n) is 4.88. The van der Waals surface area contributed by atoms with Gasteiger partial charge in [0.25, 0.3) is 0 Å². The van der Waals surface area contributed by atoms with Crippen molar-refractivity contribution >= 4 is 5.78 Å². The van der Waals surface area contributed by atoms with Crippen LogP contribution in [-0.2, 0) is 17.8 Å². The Balaban J connectivity index is 1.65. The molecule has 2 bridgehead atoms. The standard InChI is InChI=1S/C14H22N4O/c1-3-18-14(15-9-16-18)8-13(19)10-6-11-4-5-12(7-10)17(11)2/h9-12H,3-8H2,1-2H3. The zero-order valence-electron chi connectivity index (χ0n) is 11.7. The maximum atomic E-state index is 12.5. The monoisotopic (exact) mass is 262 g/mol. The van der Waals surface area contributed by atoms with Gasteiger partial charge in [0.2, 0.25) is 0 Å². The van der Waals surface area contributed by atoms with Gasteiger partial charge in [0.15, 0.2) is 0 Å². The van der Waals surface area contributed by atoms with Crippen LogP contribution in [-0.4, -0.2) is 44.6 Å². The molecule has 0 N–H and O–H groups in total. The van der Waals surface area contributed by atoms with E-state index >= 15 is 0 Å². The predicted octanol–water partition coefficient (Wildman–Crippen LogP) is 1.28. The van der Waals surface area contributed by atoms with Crippen molar-refractivity contribution in [1.29, 1.82) is 0 Å². The van der Waals surface area contributed by atoms with E-state index in [-0.39, 0.29) is 5.92 Å². The van der Waals surface area contributed by atoms with Crippen molar-refractivity contribution in [1.82, 2.24) is 19.7 Å². The van der Waals surface area contributed by atoms with Crippen molar-refractivity contribution < 1.29 is 4.79 Å². The lowest BCUT2D eigenvalue weighted by Gasteiger charge is -2.35. The highest BCUT2D eigenvalue weighted by molar-refractivity contribution is 5.82. The van der Waals surface area contributed by atoms with Crippen LogP contribution in [0.5, 0.6) is 0 Å². The second-order valence-electron chi connectivity index (χ2n) is 5.85. The fourth-order valence-corrected chi connectivity index (χ4v) is 3.66. The quantitative estimate of drug-likeness (QED) is 0.820. The van der Waals surface area contributed by atoms with Gasteiger partial charge in [-0.15, -0.1) is 0 Å². The van der Waals surface area contributed by atoms with Crippen molar-refractivity contribution in [2.24, 2.45) is 5.92 Å². The van der Waals surface area contributed by atoms with Crippen LogP contribution in [0.2, 0.25) is 0 Å². The van der Waals surface area contributed by atoms with Crippen molar-refractivity contribution in [2.75, 3.05) is 7.05 Å². The van der Waals surface area contributed by atoms with Crippen molar-refractivity contribution in [3.05, 3.63) is 12.2 Å². The summed E-state index contributed by atoms with van der Waals surface area (Å²) in [4.78, 5) is 19.1. The number of rotatable bonds is 4. The molecule has 0 amide bonds. The van der Waals surface area contributed by atoms with E-state index in [1.54, 1.807) is 6.33 Å². The van der Waals surface area contributed by atoms with Gasteiger partial charge in [-0.1, -0.05) is 0 Å². The third-order valence-corrected chi connectivity index (χ3v) is 4.88. The fourth-order valence-electron chi connectivity index (χ4n) is 3.66. The van der Waals surface area contributed by atoms with E-state index in [1.807, 2.05) is 11.6 Å². The molecule has 19 heavy (non-hydrogen) atoms. The van der Waals surface area contributed by atoms with Crippen molar-refractivity contribution in [3.8, 4) is 0 Å². The molecule has 0 spiro atoms. The number of hydrogen-bond acceptors (Lipinski definition) is 4. The summed E-state index contributed by atoms with van der Waals surface area (Å²) in [6, 6.07) is 1.24. The molecule has 104 valence electrons. The van der Waals surface area contributed by atoms with Crippen LogP contribution in [0.25, 0.3) is 0 Å². The predicted molar refractivity (Wildman–Crippen MR) is 71.7 cm³/mol. The van der Waals surface area contributed by atoms with Crippen LogP contribution in [0, 0.1) is 5.92 Å². The summed E-state index contributed by atoms with van der Waals surface area (Å²) < 4.78 is 1.82. The number of ketones is 1. The molecule has 1 aromatic rings. The summed E-state index contributed by atoms with van der Waals surface area (Å²) in [6.07, 6.45) is 6.58. The number of carbonyl (C=O) groups excluding carboxylic acids is 1. The molecule has 5 nitrogen and oxygen atoms in total. The Morgan fingerprint density at radius 1 is 1.37 bits per heavy atom. The Morgan fingerprint density at radius 2 is 2.05 bits per heavy atom. The smallest absolute Gasteiger partial charge is 0.143 e. The molecule has 3 heterocycles. The van der Waals surface area contributed by atoms with Gasteiger partial charge in [-0.2, -0.15) is 5.10 Å². The number of fused-ring (bicyclic) bond motifs is 2. The summed E-state index contributed by atoms with van der Waals surface area (Å²) in [5, 5.41) is 4.13. The van der Waals surface area contributed by atoms with E-state index in [9.17, 15) is 4.79 Å². The first-order valence-corrected chi connectivity index (χ1v) is 7.30. The molecule has 0 radical (unpaired) electrons. The van der Waals surface area contributed by atoms with Gasteiger partial charge >= 0.3 is 0 Å². The van der Waals surface area contributed by atoms with E-state index in [1.165, 1.54) is 12.8 Å². The zero-order chi connectivity index (χ0) is 13.4. The molecule has 2 fully saturated rings. The highest BCUT2D eigenvalue weighted by Gasteiger charge is 2.40. The molecular weight excluding hydrogens is 240 g/mol. The first-order valence-electron chi connectivity index (χ1n) is 7.30. The third kappa shape index (κ3) is 2.31. The van der Waals surface area contributed by atoms with Gasteiger partial charge < -0.3 is 4.90 Å². The molecule has 0 saturated carbocycles. The van der Waals surface area contributed by atoms with Crippen molar-refractivity contribution in [3.63, 3.8) is 0 Å². The minimum absolute atomic E-state index is 0.232. The summed E-state index contributed by atoms with van der Waals surface area (Å²) in [7, 11) is 2.21. The summed E-state index contributed by atoms with van der Waals surface area (Å²) in [5.41, 5.74) is 0. The zero-order valence-corrected chi connectivity index (χ0v) is 11.7. The molecule has 2 aliphatic heterocycles. The average Bonchev–Trinajstić information content (AvgIpc) is 2.90. The number of aryl methyl sites for hydroxylation is 1. The molecule has 0 aromatic carbocycles. The minimum atomic E-state index is 0.232. The number of piperidine rings is 1. The Kier molecular flexibility index (Phi) is 3.39. The second kappa shape index (κ2) is 5.04. The fraction of sp³-hybridized carbons (Fsp3) is 0.786. The second-order valence-corrected chi connectivity index (χ2v) is 5.85. The van der Waals surface area contributed by atoms with E-state index in [2.05, 4.69) is 22.0 Å². The SMILES string of the molecule is CCn1ncnc1CC(=O)C1CC2CCC(C1)N2C. The lowest BCUT2D eigenvalue weighted by atomic mass is 9.86. The number of aromatic nitrogens is 3. The van der Waals surface area contributed by atoms with Crippen LogP contribution in [0.3, 0.4) is 0 Å². The summed E-state index contributed by atoms with van der Waals surface area (Å²) in [6.45, 7) is 2.81. The Labute approximate surface area is 114 Å². The van der Waals surface area contributed by atoms with Crippen LogP contribution in [0.15, 0.2) is 6.33 Å². The average molecular weight is 262 g/mol. The Morgan fingerprint density at radius 3 is 2.68 bits per heavy atom. The van der Waals surface area contributed by atoms with E-state index in [0.717, 1.165) is 25.2 Å². The Bertz CT molecular complexity index is 456. The molecule has 2 unspecified atom stereocenters. The van der Waals surface area contributed by atoms with E-state index < -0.39 is 0 Å². The maximum absolute atomic E-state index is 12.5. The first-order chi connectivity index (χ1) is 9.19. The lowest BCUT2D eigenvalue weighted by molar-refractivity contribution is -0.124. The van der Waals surface area contributed by atoms with Gasteiger partial charge in [0.1, 0.15) is 17.9 Å². The van der Waals surface area contributed by atoms with E-state index in [0.29, 0.717) is 24.3 Å². The molecule has 5 heteroatoms. The molecular formula is C14H22N4O. The van der Waals surface area contributed by atoms with Crippen LogP contribution >= 0.6 is 0 Å². The number of Topliss-reactive ketones (excluding diaryl/α,β-unsaturated/α-hetero) is 1. The van der Waals surface area contributed by atoms with Crippen molar-refractivity contribution in [2.45, 2.75) is 57.7 Å². The minimum Gasteiger partial charge on any atom is -0.300 e.